The monoisotopic (exact) mass is 507 g/mol. The number of anilines is 3. The third-order valence-corrected chi connectivity index (χ3v) is 7.69. The summed E-state index contributed by atoms with van der Waals surface area (Å²) in [6, 6.07) is 19.9. The van der Waals surface area contributed by atoms with Gasteiger partial charge >= 0.3 is 0 Å². The third-order valence-electron chi connectivity index (χ3n) is 5.90. The molecule has 1 N–H and O–H groups in total. The quantitative estimate of drug-likeness (QED) is 0.464. The number of nitrogens with zero attached hydrogens (tertiary/aromatic N) is 2. The standard InChI is InChI=1S/C27H29N3O5S/c1-3-35-23-12-14-24(15-13-23)36(33,34)30(22-8-5-4-6-9-22)19-26(31)28-21-11-16-25(20(2)18-21)29-17-7-10-27(29)32/h4-6,8-9,11-16,18H,3,7,10,17,19H2,1-2H3,(H,28,31). The summed E-state index contributed by atoms with van der Waals surface area (Å²) >= 11 is 0. The Hall–Kier alpha value is -3.85. The lowest BCUT2D eigenvalue weighted by Crippen LogP contribution is -2.38. The van der Waals surface area contributed by atoms with Crippen molar-refractivity contribution in [2.24, 2.45) is 0 Å². The Morgan fingerprint density at radius 1 is 1.06 bits per heavy atom. The molecule has 3 aromatic carbocycles. The number of rotatable bonds is 9. The van der Waals surface area contributed by atoms with E-state index in [9.17, 15) is 18.0 Å². The summed E-state index contributed by atoms with van der Waals surface area (Å²) in [5, 5.41) is 2.79. The highest BCUT2D eigenvalue weighted by Crippen LogP contribution is 2.28. The maximum Gasteiger partial charge on any atom is 0.264 e. The number of carbonyl (C=O) groups is 2. The predicted octanol–water partition coefficient (Wildman–Crippen LogP) is 4.35. The predicted molar refractivity (Wildman–Crippen MR) is 140 cm³/mol. The number of hydrogen-bond acceptors (Lipinski definition) is 5. The minimum absolute atomic E-state index is 0.0538. The number of carbonyl (C=O) groups excluding carboxylic acids is 2. The lowest BCUT2D eigenvalue weighted by atomic mass is 10.1. The van der Waals surface area contributed by atoms with Crippen molar-refractivity contribution in [2.75, 3.05) is 34.2 Å². The van der Waals surface area contributed by atoms with Gasteiger partial charge in [-0.25, -0.2) is 8.42 Å². The molecule has 0 bridgehead atoms. The SMILES string of the molecule is CCOc1ccc(S(=O)(=O)N(CC(=O)Nc2ccc(N3CCCC3=O)c(C)c2)c2ccccc2)cc1. The average Bonchev–Trinajstić information content (AvgIpc) is 3.29. The second kappa shape index (κ2) is 10.8. The Labute approximate surface area is 211 Å². The first-order valence-electron chi connectivity index (χ1n) is 11.8. The minimum atomic E-state index is -4.03. The van der Waals surface area contributed by atoms with Crippen LogP contribution >= 0.6 is 0 Å². The zero-order valence-corrected chi connectivity index (χ0v) is 21.1. The van der Waals surface area contributed by atoms with E-state index >= 15 is 0 Å². The van der Waals surface area contributed by atoms with Crippen LogP contribution in [0.15, 0.2) is 77.7 Å². The molecular weight excluding hydrogens is 478 g/mol. The van der Waals surface area contributed by atoms with E-state index in [1.165, 1.54) is 12.1 Å². The molecule has 1 aliphatic heterocycles. The van der Waals surface area contributed by atoms with Gasteiger partial charge in [0.25, 0.3) is 10.0 Å². The van der Waals surface area contributed by atoms with Crippen molar-refractivity contribution in [1.82, 2.24) is 0 Å². The molecule has 4 rings (SSSR count). The molecule has 1 saturated heterocycles. The van der Waals surface area contributed by atoms with Crippen LogP contribution in [0.25, 0.3) is 0 Å². The number of amides is 2. The van der Waals surface area contributed by atoms with Crippen molar-refractivity contribution >= 4 is 38.9 Å². The Bertz CT molecular complexity index is 1340. The van der Waals surface area contributed by atoms with Gasteiger partial charge in [0, 0.05) is 24.3 Å². The molecule has 0 saturated carbocycles. The van der Waals surface area contributed by atoms with Crippen LogP contribution in [0.4, 0.5) is 17.1 Å². The fraction of sp³-hybridized carbons (Fsp3) is 0.259. The second-order valence-electron chi connectivity index (χ2n) is 8.45. The summed E-state index contributed by atoms with van der Waals surface area (Å²) in [5.41, 5.74) is 2.57. The molecule has 0 aliphatic carbocycles. The first-order valence-corrected chi connectivity index (χ1v) is 13.2. The Kier molecular flexibility index (Phi) is 7.59. The molecule has 0 radical (unpaired) electrons. The molecule has 2 amide bonds. The first kappa shape index (κ1) is 25.2. The highest BCUT2D eigenvalue weighted by atomic mass is 32.2. The van der Waals surface area contributed by atoms with E-state index in [-0.39, 0.29) is 10.8 Å². The van der Waals surface area contributed by atoms with Crippen LogP contribution in [0.5, 0.6) is 5.75 Å². The van der Waals surface area contributed by atoms with Gasteiger partial charge in [-0.3, -0.25) is 13.9 Å². The molecule has 1 fully saturated rings. The Morgan fingerprint density at radius 2 is 1.78 bits per heavy atom. The number of para-hydroxylation sites is 1. The summed E-state index contributed by atoms with van der Waals surface area (Å²) in [6.07, 6.45) is 1.37. The van der Waals surface area contributed by atoms with E-state index in [0.717, 1.165) is 22.0 Å². The van der Waals surface area contributed by atoms with Gasteiger partial charge in [0.15, 0.2) is 0 Å². The molecule has 8 nitrogen and oxygen atoms in total. The number of hydrogen-bond donors (Lipinski definition) is 1. The molecule has 0 aromatic heterocycles. The van der Waals surface area contributed by atoms with Crippen LogP contribution in [0.1, 0.15) is 25.3 Å². The van der Waals surface area contributed by atoms with Crippen molar-refractivity contribution in [2.45, 2.75) is 31.6 Å². The summed E-state index contributed by atoms with van der Waals surface area (Å²) < 4.78 is 33.6. The van der Waals surface area contributed by atoms with Gasteiger partial charge in [0.05, 0.1) is 17.2 Å². The van der Waals surface area contributed by atoms with Crippen LogP contribution in [0.2, 0.25) is 0 Å². The van der Waals surface area contributed by atoms with Gasteiger partial charge in [-0.05, 0) is 80.4 Å². The van der Waals surface area contributed by atoms with E-state index in [1.54, 1.807) is 65.6 Å². The van der Waals surface area contributed by atoms with Crippen LogP contribution in [0, 0.1) is 6.92 Å². The molecular formula is C27H29N3O5S. The van der Waals surface area contributed by atoms with Gasteiger partial charge in [0.1, 0.15) is 12.3 Å². The minimum Gasteiger partial charge on any atom is -0.494 e. The third kappa shape index (κ3) is 5.52. The van der Waals surface area contributed by atoms with Gasteiger partial charge < -0.3 is 15.0 Å². The van der Waals surface area contributed by atoms with E-state index in [2.05, 4.69) is 5.32 Å². The molecule has 1 aliphatic rings. The second-order valence-corrected chi connectivity index (χ2v) is 10.3. The van der Waals surface area contributed by atoms with Gasteiger partial charge in [0.2, 0.25) is 11.8 Å². The maximum absolute atomic E-state index is 13.5. The largest absolute Gasteiger partial charge is 0.494 e. The molecule has 0 unspecified atom stereocenters. The van der Waals surface area contributed by atoms with Crippen molar-refractivity contribution in [3.05, 3.63) is 78.4 Å². The smallest absolute Gasteiger partial charge is 0.264 e. The summed E-state index contributed by atoms with van der Waals surface area (Å²) in [7, 11) is -4.03. The zero-order valence-electron chi connectivity index (χ0n) is 20.3. The summed E-state index contributed by atoms with van der Waals surface area (Å²) in [4.78, 5) is 26.9. The average molecular weight is 508 g/mol. The summed E-state index contributed by atoms with van der Waals surface area (Å²) in [6.45, 7) is 4.47. The molecule has 0 spiro atoms. The highest BCUT2D eigenvalue weighted by Gasteiger charge is 2.28. The van der Waals surface area contributed by atoms with Crippen LogP contribution < -0.4 is 19.3 Å². The maximum atomic E-state index is 13.5. The lowest BCUT2D eigenvalue weighted by Gasteiger charge is -2.24. The molecule has 9 heteroatoms. The van der Waals surface area contributed by atoms with Gasteiger partial charge in [-0.2, -0.15) is 0 Å². The normalized spacial score (nSPS) is 13.5. The number of sulfonamides is 1. The molecule has 0 atom stereocenters. The molecule has 188 valence electrons. The van der Waals surface area contributed by atoms with Crippen molar-refractivity contribution in [1.29, 1.82) is 0 Å². The van der Waals surface area contributed by atoms with Crippen LogP contribution in [-0.4, -0.2) is 39.9 Å². The Morgan fingerprint density at radius 3 is 2.39 bits per heavy atom. The van der Waals surface area contributed by atoms with Crippen molar-refractivity contribution < 1.29 is 22.7 Å². The van der Waals surface area contributed by atoms with E-state index in [0.29, 0.717) is 36.7 Å². The number of benzene rings is 3. The molecule has 1 heterocycles. The van der Waals surface area contributed by atoms with Crippen LogP contribution in [0.3, 0.4) is 0 Å². The number of ether oxygens (including phenoxy) is 1. The van der Waals surface area contributed by atoms with Crippen molar-refractivity contribution in [3.63, 3.8) is 0 Å². The van der Waals surface area contributed by atoms with E-state index in [4.69, 9.17) is 4.74 Å². The van der Waals surface area contributed by atoms with E-state index in [1.807, 2.05) is 13.8 Å². The fourth-order valence-corrected chi connectivity index (χ4v) is 5.60. The Balaban J connectivity index is 1.55. The zero-order chi connectivity index (χ0) is 25.7. The molecule has 36 heavy (non-hydrogen) atoms. The van der Waals surface area contributed by atoms with Gasteiger partial charge in [-0.15, -0.1) is 0 Å². The fourth-order valence-electron chi connectivity index (χ4n) is 4.18. The number of nitrogens with one attached hydrogen (secondary N) is 1. The van der Waals surface area contributed by atoms with Crippen LogP contribution in [-0.2, 0) is 19.6 Å². The van der Waals surface area contributed by atoms with Gasteiger partial charge in [-0.1, -0.05) is 18.2 Å². The highest BCUT2D eigenvalue weighted by molar-refractivity contribution is 7.92. The summed E-state index contributed by atoms with van der Waals surface area (Å²) in [5.74, 6) is 0.167. The van der Waals surface area contributed by atoms with E-state index < -0.39 is 22.5 Å². The molecule has 3 aromatic rings. The first-order chi connectivity index (χ1) is 17.3. The topological polar surface area (TPSA) is 96.0 Å². The number of aryl methyl sites for hydroxylation is 1. The lowest BCUT2D eigenvalue weighted by molar-refractivity contribution is -0.117. The van der Waals surface area contributed by atoms with Crippen molar-refractivity contribution in [3.8, 4) is 5.75 Å².